The fourth-order valence-corrected chi connectivity index (χ4v) is 1.88. The average Bonchev–Trinajstić information content (AvgIpc) is 2.39. The number of hydrogen-bond acceptors (Lipinski definition) is 4. The van der Waals surface area contributed by atoms with Crippen LogP contribution in [0.1, 0.15) is 12.5 Å². The van der Waals surface area contributed by atoms with Crippen molar-refractivity contribution < 1.29 is 9.13 Å². The first kappa shape index (κ1) is 13.7. The summed E-state index contributed by atoms with van der Waals surface area (Å²) in [5.74, 6) is 0.704. The van der Waals surface area contributed by atoms with E-state index in [9.17, 15) is 4.39 Å². The van der Waals surface area contributed by atoms with E-state index in [0.717, 1.165) is 16.6 Å². The van der Waals surface area contributed by atoms with Gasteiger partial charge in [-0.25, -0.2) is 14.4 Å². The zero-order valence-corrected chi connectivity index (χ0v) is 12.2. The molecule has 0 saturated heterocycles. The van der Waals surface area contributed by atoms with Gasteiger partial charge in [0.1, 0.15) is 12.1 Å². The lowest BCUT2D eigenvalue weighted by Gasteiger charge is -2.11. The van der Waals surface area contributed by atoms with Gasteiger partial charge in [-0.3, -0.25) is 0 Å². The summed E-state index contributed by atoms with van der Waals surface area (Å²) in [5.41, 5.74) is 0.740. The summed E-state index contributed by atoms with van der Waals surface area (Å²) in [4.78, 5) is 8.14. The maximum atomic E-state index is 13.6. The molecule has 6 heteroatoms. The van der Waals surface area contributed by atoms with Crippen LogP contribution >= 0.6 is 15.9 Å². The highest BCUT2D eigenvalue weighted by molar-refractivity contribution is 9.10. The van der Waals surface area contributed by atoms with Crippen molar-refractivity contribution in [2.45, 2.75) is 13.8 Å². The SMILES string of the molecule is CCNc1ncnc(Oc2cc(Br)ccc2F)c1C. The van der Waals surface area contributed by atoms with Gasteiger partial charge in [-0.1, -0.05) is 15.9 Å². The molecule has 1 N–H and O–H groups in total. The molecule has 0 fully saturated rings. The number of nitrogens with zero attached hydrogens (tertiary/aromatic N) is 2. The lowest BCUT2D eigenvalue weighted by molar-refractivity contribution is 0.423. The van der Waals surface area contributed by atoms with Gasteiger partial charge in [-0.15, -0.1) is 0 Å². The molecule has 0 atom stereocenters. The summed E-state index contributed by atoms with van der Waals surface area (Å²) < 4.78 is 19.9. The molecule has 4 nitrogen and oxygen atoms in total. The monoisotopic (exact) mass is 325 g/mol. The third-order valence-electron chi connectivity index (χ3n) is 2.48. The van der Waals surface area contributed by atoms with E-state index in [0.29, 0.717) is 11.7 Å². The minimum absolute atomic E-state index is 0.124. The van der Waals surface area contributed by atoms with Gasteiger partial charge in [0, 0.05) is 11.0 Å². The van der Waals surface area contributed by atoms with Crippen LogP contribution in [0.3, 0.4) is 0 Å². The van der Waals surface area contributed by atoms with Crippen molar-refractivity contribution in [2.24, 2.45) is 0 Å². The molecule has 1 heterocycles. The number of benzene rings is 1. The number of aromatic nitrogens is 2. The van der Waals surface area contributed by atoms with Gasteiger partial charge >= 0.3 is 0 Å². The van der Waals surface area contributed by atoms with Crippen LogP contribution in [0.5, 0.6) is 11.6 Å². The van der Waals surface area contributed by atoms with E-state index in [1.54, 1.807) is 12.1 Å². The predicted octanol–water partition coefficient (Wildman–Crippen LogP) is 3.91. The Bertz CT molecular complexity index is 592. The normalized spacial score (nSPS) is 10.3. The number of nitrogens with one attached hydrogen (secondary N) is 1. The zero-order chi connectivity index (χ0) is 13.8. The van der Waals surface area contributed by atoms with Crippen LogP contribution in [0, 0.1) is 12.7 Å². The van der Waals surface area contributed by atoms with Crippen molar-refractivity contribution >= 4 is 21.7 Å². The second-order valence-corrected chi connectivity index (χ2v) is 4.78. The molecule has 100 valence electrons. The van der Waals surface area contributed by atoms with E-state index in [1.807, 2.05) is 13.8 Å². The Balaban J connectivity index is 2.33. The van der Waals surface area contributed by atoms with Crippen LogP contribution < -0.4 is 10.1 Å². The molecule has 0 aliphatic carbocycles. The summed E-state index contributed by atoms with van der Waals surface area (Å²) >= 11 is 3.28. The third-order valence-corrected chi connectivity index (χ3v) is 2.98. The second kappa shape index (κ2) is 5.97. The van der Waals surface area contributed by atoms with Gasteiger partial charge < -0.3 is 10.1 Å². The van der Waals surface area contributed by atoms with Gasteiger partial charge in [0.25, 0.3) is 0 Å². The van der Waals surface area contributed by atoms with Crippen molar-refractivity contribution in [3.63, 3.8) is 0 Å². The van der Waals surface area contributed by atoms with Crippen LogP contribution in [0.15, 0.2) is 29.0 Å². The number of halogens is 2. The highest BCUT2D eigenvalue weighted by Gasteiger charge is 2.11. The molecule has 1 aromatic heterocycles. The molecule has 2 rings (SSSR count). The summed E-state index contributed by atoms with van der Waals surface area (Å²) in [6.07, 6.45) is 1.39. The Hall–Kier alpha value is -1.69. The lowest BCUT2D eigenvalue weighted by atomic mass is 10.3. The Morgan fingerprint density at radius 3 is 2.89 bits per heavy atom. The van der Waals surface area contributed by atoms with Gasteiger partial charge in [0.15, 0.2) is 11.6 Å². The Kier molecular flexibility index (Phi) is 4.31. The van der Waals surface area contributed by atoms with Crippen molar-refractivity contribution in [1.29, 1.82) is 0 Å². The molecule has 1 aromatic carbocycles. The molecular weight excluding hydrogens is 313 g/mol. The highest BCUT2D eigenvalue weighted by atomic mass is 79.9. The number of hydrogen-bond donors (Lipinski definition) is 1. The van der Waals surface area contributed by atoms with E-state index >= 15 is 0 Å². The maximum absolute atomic E-state index is 13.6. The largest absolute Gasteiger partial charge is 0.435 e. The molecule has 2 aromatic rings. The van der Waals surface area contributed by atoms with Crippen LogP contribution in [0.25, 0.3) is 0 Å². The van der Waals surface area contributed by atoms with Crippen LogP contribution in [-0.4, -0.2) is 16.5 Å². The van der Waals surface area contributed by atoms with Crippen molar-refractivity contribution in [2.75, 3.05) is 11.9 Å². The molecule has 0 radical (unpaired) electrons. The van der Waals surface area contributed by atoms with Crippen LogP contribution in [0.2, 0.25) is 0 Å². The van der Waals surface area contributed by atoms with Crippen LogP contribution in [0.4, 0.5) is 10.2 Å². The van der Waals surface area contributed by atoms with Gasteiger partial charge in [0.05, 0.1) is 5.56 Å². The van der Waals surface area contributed by atoms with Gasteiger partial charge in [-0.05, 0) is 32.0 Å². The smallest absolute Gasteiger partial charge is 0.227 e. The molecule has 0 saturated carbocycles. The molecule has 19 heavy (non-hydrogen) atoms. The Morgan fingerprint density at radius 1 is 1.37 bits per heavy atom. The summed E-state index contributed by atoms with van der Waals surface area (Å²) in [5, 5.41) is 3.09. The fraction of sp³-hybridized carbons (Fsp3) is 0.231. The zero-order valence-electron chi connectivity index (χ0n) is 10.6. The standard InChI is InChI=1S/C13H13BrFN3O/c1-3-16-12-8(2)13(18-7-17-12)19-11-6-9(14)4-5-10(11)15/h4-7H,3H2,1-2H3,(H,16,17,18). The first-order chi connectivity index (χ1) is 9.11. The number of ether oxygens (including phenoxy) is 1. The quantitative estimate of drug-likeness (QED) is 0.925. The third kappa shape index (κ3) is 3.20. The van der Waals surface area contributed by atoms with Gasteiger partial charge in [-0.2, -0.15) is 0 Å². The predicted molar refractivity (Wildman–Crippen MR) is 75.1 cm³/mol. The molecule has 0 amide bonds. The van der Waals surface area contributed by atoms with E-state index in [4.69, 9.17) is 4.74 Å². The summed E-state index contributed by atoms with van der Waals surface area (Å²) in [7, 11) is 0. The van der Waals surface area contributed by atoms with E-state index < -0.39 is 5.82 Å². The minimum atomic E-state index is -0.439. The highest BCUT2D eigenvalue weighted by Crippen LogP contribution is 2.29. The molecule has 0 aliphatic heterocycles. The molecule has 0 spiro atoms. The van der Waals surface area contributed by atoms with E-state index in [-0.39, 0.29) is 5.75 Å². The summed E-state index contributed by atoms with van der Waals surface area (Å²) in [6.45, 7) is 4.53. The van der Waals surface area contributed by atoms with Gasteiger partial charge in [0.2, 0.25) is 5.88 Å². The van der Waals surface area contributed by atoms with Crippen molar-refractivity contribution in [3.05, 3.63) is 40.4 Å². The minimum Gasteiger partial charge on any atom is -0.435 e. The first-order valence-corrected chi connectivity index (χ1v) is 6.59. The molecule has 0 aliphatic rings. The first-order valence-electron chi connectivity index (χ1n) is 5.80. The van der Waals surface area contributed by atoms with E-state index in [2.05, 4.69) is 31.2 Å². The van der Waals surface area contributed by atoms with Crippen LogP contribution in [-0.2, 0) is 0 Å². The Labute approximate surface area is 119 Å². The van der Waals surface area contributed by atoms with Crippen molar-refractivity contribution in [1.82, 2.24) is 9.97 Å². The number of rotatable bonds is 4. The lowest BCUT2D eigenvalue weighted by Crippen LogP contribution is -2.04. The average molecular weight is 326 g/mol. The number of anilines is 1. The Morgan fingerprint density at radius 2 is 2.16 bits per heavy atom. The summed E-state index contributed by atoms with van der Waals surface area (Å²) in [6, 6.07) is 4.50. The van der Waals surface area contributed by atoms with Crippen molar-refractivity contribution in [3.8, 4) is 11.6 Å². The maximum Gasteiger partial charge on any atom is 0.227 e. The fourth-order valence-electron chi connectivity index (χ4n) is 1.54. The molecule has 0 bridgehead atoms. The molecular formula is C13H13BrFN3O. The second-order valence-electron chi connectivity index (χ2n) is 3.86. The topological polar surface area (TPSA) is 47.0 Å². The molecule has 0 unspecified atom stereocenters. The van der Waals surface area contributed by atoms with E-state index in [1.165, 1.54) is 12.4 Å².